The van der Waals surface area contributed by atoms with Crippen molar-refractivity contribution in [3.05, 3.63) is 62.1 Å². The molecule has 2 rings (SSSR count). The summed E-state index contributed by atoms with van der Waals surface area (Å²) in [5.74, 6) is -0.126. The lowest BCUT2D eigenvalue weighted by atomic mass is 10.2. The Labute approximate surface area is 171 Å². The third-order valence-corrected chi connectivity index (χ3v) is 4.37. The monoisotopic (exact) mass is 439 g/mol. The van der Waals surface area contributed by atoms with Gasteiger partial charge in [-0.15, -0.1) is 12.4 Å². The number of hydrogen-bond acceptors (Lipinski definition) is 2. The number of halogens is 5. The summed E-state index contributed by atoms with van der Waals surface area (Å²) in [5.41, 5.74) is 1.44. The minimum Gasteiger partial charge on any atom is -0.352 e. The number of anilines is 1. The van der Waals surface area contributed by atoms with Crippen molar-refractivity contribution >= 4 is 76.4 Å². The molecule has 0 saturated heterocycles. The van der Waals surface area contributed by atoms with Crippen molar-refractivity contribution in [3.8, 4) is 0 Å². The van der Waals surface area contributed by atoms with E-state index >= 15 is 0 Å². The molecule has 2 aromatic carbocycles. The van der Waals surface area contributed by atoms with E-state index in [0.717, 1.165) is 5.56 Å². The van der Waals surface area contributed by atoms with Crippen LogP contribution in [0.5, 0.6) is 0 Å². The molecular formula is C15H14Cl5N5. The molecule has 0 bridgehead atoms. The van der Waals surface area contributed by atoms with E-state index in [1.807, 2.05) is 0 Å². The molecule has 0 radical (unpaired) electrons. The van der Waals surface area contributed by atoms with Crippen molar-refractivity contribution in [1.29, 1.82) is 10.8 Å². The first-order valence-electron chi connectivity index (χ1n) is 6.69. The molecule has 0 spiro atoms. The van der Waals surface area contributed by atoms with Gasteiger partial charge in [-0.2, -0.15) is 0 Å². The zero-order chi connectivity index (χ0) is 17.7. The number of nitrogens with one attached hydrogen (secondary N) is 5. The highest BCUT2D eigenvalue weighted by atomic mass is 35.5. The molecule has 0 aliphatic carbocycles. The maximum absolute atomic E-state index is 7.81. The van der Waals surface area contributed by atoms with Crippen molar-refractivity contribution in [2.45, 2.75) is 6.54 Å². The second-order valence-corrected chi connectivity index (χ2v) is 6.36. The Morgan fingerprint density at radius 1 is 0.800 bits per heavy atom. The normalized spacial score (nSPS) is 9.76. The molecule has 0 fully saturated rings. The minimum atomic E-state index is -0.0833. The van der Waals surface area contributed by atoms with Crippen LogP contribution in [0.1, 0.15) is 5.56 Å². The van der Waals surface area contributed by atoms with Gasteiger partial charge in [0, 0.05) is 12.2 Å². The molecule has 5 nitrogen and oxygen atoms in total. The molecule has 5 N–H and O–H groups in total. The third kappa shape index (κ3) is 6.80. The fourth-order valence-corrected chi connectivity index (χ4v) is 2.38. The van der Waals surface area contributed by atoms with Gasteiger partial charge in [-0.05, 0) is 35.9 Å². The van der Waals surface area contributed by atoms with Crippen LogP contribution in [0.2, 0.25) is 20.1 Å². The largest absolute Gasteiger partial charge is 0.352 e. The predicted molar refractivity (Wildman–Crippen MR) is 109 cm³/mol. The molecule has 0 aliphatic rings. The van der Waals surface area contributed by atoms with E-state index in [-0.39, 0.29) is 24.3 Å². The van der Waals surface area contributed by atoms with Crippen molar-refractivity contribution in [1.82, 2.24) is 10.6 Å². The molecule has 0 unspecified atom stereocenters. The Hall–Kier alpha value is -1.37. The number of benzene rings is 2. The van der Waals surface area contributed by atoms with Crippen LogP contribution in [0.25, 0.3) is 0 Å². The van der Waals surface area contributed by atoms with E-state index in [1.165, 1.54) is 0 Å². The van der Waals surface area contributed by atoms with Gasteiger partial charge in [0.25, 0.3) is 0 Å². The second kappa shape index (κ2) is 9.94. The van der Waals surface area contributed by atoms with Gasteiger partial charge in [-0.25, -0.2) is 0 Å². The van der Waals surface area contributed by atoms with Gasteiger partial charge < -0.3 is 10.6 Å². The van der Waals surface area contributed by atoms with E-state index in [0.29, 0.717) is 32.3 Å². The van der Waals surface area contributed by atoms with E-state index in [1.54, 1.807) is 36.4 Å². The lowest BCUT2D eigenvalue weighted by Gasteiger charge is -2.13. The summed E-state index contributed by atoms with van der Waals surface area (Å²) in [6.07, 6.45) is 0. The third-order valence-electron chi connectivity index (χ3n) is 2.89. The molecule has 2 aromatic rings. The molecule has 0 heterocycles. The fraction of sp³-hybridized carbons (Fsp3) is 0.0667. The number of guanidine groups is 2. The molecule has 0 atom stereocenters. The highest BCUT2D eigenvalue weighted by Gasteiger charge is 2.05. The van der Waals surface area contributed by atoms with Crippen LogP contribution >= 0.6 is 58.8 Å². The molecular weight excluding hydrogens is 427 g/mol. The van der Waals surface area contributed by atoms with Crippen molar-refractivity contribution in [3.63, 3.8) is 0 Å². The van der Waals surface area contributed by atoms with E-state index < -0.39 is 0 Å². The summed E-state index contributed by atoms with van der Waals surface area (Å²) in [7, 11) is 0. The molecule has 0 saturated carbocycles. The maximum atomic E-state index is 7.81. The summed E-state index contributed by atoms with van der Waals surface area (Å²) in [6.45, 7) is 0.364. The first-order chi connectivity index (χ1) is 11.3. The lowest BCUT2D eigenvalue weighted by Crippen LogP contribution is -2.42. The van der Waals surface area contributed by atoms with Gasteiger partial charge in [0.1, 0.15) is 0 Å². The summed E-state index contributed by atoms with van der Waals surface area (Å²) in [4.78, 5) is 0. The number of hydrogen-bond donors (Lipinski definition) is 5. The number of rotatable bonds is 3. The Morgan fingerprint density at radius 3 is 2.00 bits per heavy atom. The van der Waals surface area contributed by atoms with Gasteiger partial charge in [0.15, 0.2) is 11.9 Å². The summed E-state index contributed by atoms with van der Waals surface area (Å²) >= 11 is 23.5. The summed E-state index contributed by atoms with van der Waals surface area (Å²) in [5, 5.41) is 25.5. The Morgan fingerprint density at radius 2 is 1.40 bits per heavy atom. The highest BCUT2D eigenvalue weighted by molar-refractivity contribution is 6.42. The van der Waals surface area contributed by atoms with Crippen LogP contribution in [0, 0.1) is 10.8 Å². The highest BCUT2D eigenvalue weighted by Crippen LogP contribution is 2.25. The second-order valence-electron chi connectivity index (χ2n) is 4.73. The molecule has 0 amide bonds. The summed E-state index contributed by atoms with van der Waals surface area (Å²) < 4.78 is 0. The van der Waals surface area contributed by atoms with Gasteiger partial charge in [0.05, 0.1) is 20.1 Å². The van der Waals surface area contributed by atoms with Crippen molar-refractivity contribution < 1.29 is 0 Å². The van der Waals surface area contributed by atoms with Gasteiger partial charge in [-0.1, -0.05) is 52.5 Å². The van der Waals surface area contributed by atoms with Crippen LogP contribution in [0.15, 0.2) is 36.4 Å². The maximum Gasteiger partial charge on any atom is 0.199 e. The summed E-state index contributed by atoms with van der Waals surface area (Å²) in [6, 6.07) is 10.1. The first-order valence-corrected chi connectivity index (χ1v) is 8.20. The smallest absolute Gasteiger partial charge is 0.199 e. The topological polar surface area (TPSA) is 83.8 Å². The van der Waals surface area contributed by atoms with Crippen LogP contribution in [-0.2, 0) is 6.54 Å². The Bertz CT molecular complexity index is 781. The quantitative estimate of drug-likeness (QED) is 0.327. The van der Waals surface area contributed by atoms with Crippen LogP contribution in [0.4, 0.5) is 5.69 Å². The van der Waals surface area contributed by atoms with Crippen LogP contribution in [0.3, 0.4) is 0 Å². The predicted octanol–water partition coefficient (Wildman–Crippen LogP) is 5.38. The fourth-order valence-electron chi connectivity index (χ4n) is 1.76. The van der Waals surface area contributed by atoms with E-state index in [4.69, 9.17) is 57.2 Å². The molecule has 10 heteroatoms. The van der Waals surface area contributed by atoms with Gasteiger partial charge in [0.2, 0.25) is 0 Å². The Kier molecular flexibility index (Phi) is 8.62. The molecule has 134 valence electrons. The van der Waals surface area contributed by atoms with Crippen molar-refractivity contribution in [2.24, 2.45) is 0 Å². The zero-order valence-corrected chi connectivity index (χ0v) is 16.4. The zero-order valence-electron chi connectivity index (χ0n) is 12.6. The van der Waals surface area contributed by atoms with Gasteiger partial charge >= 0.3 is 0 Å². The van der Waals surface area contributed by atoms with E-state index in [2.05, 4.69) is 16.0 Å². The SMILES string of the molecule is Cl.N=C(NCc1ccc(Cl)c(Cl)c1)NC(=N)Nc1ccc(Cl)c(Cl)c1. The lowest BCUT2D eigenvalue weighted by molar-refractivity contribution is 0.878. The molecule has 0 aliphatic heterocycles. The molecule has 0 aromatic heterocycles. The first kappa shape index (κ1) is 21.7. The average molecular weight is 442 g/mol. The average Bonchev–Trinajstić information content (AvgIpc) is 2.52. The van der Waals surface area contributed by atoms with Crippen molar-refractivity contribution in [2.75, 3.05) is 5.32 Å². The van der Waals surface area contributed by atoms with Gasteiger partial charge in [-0.3, -0.25) is 16.1 Å². The van der Waals surface area contributed by atoms with Crippen LogP contribution in [-0.4, -0.2) is 11.9 Å². The minimum absolute atomic E-state index is 0. The van der Waals surface area contributed by atoms with E-state index in [9.17, 15) is 0 Å². The Balaban J connectivity index is 0.00000312. The molecule has 25 heavy (non-hydrogen) atoms. The standard InChI is InChI=1S/C15H13Cl4N5.ClH/c16-10-3-1-8(5-12(10)18)7-22-14(20)24-15(21)23-9-2-4-11(17)13(19)6-9;/h1-6H,7H2,(H5,20,21,22,23,24);1H. The van der Waals surface area contributed by atoms with Crippen LogP contribution < -0.4 is 16.0 Å².